The number of hydrogen-bond acceptors (Lipinski definition) is 5. The van der Waals surface area contributed by atoms with Crippen molar-refractivity contribution in [2.45, 2.75) is 37.9 Å². The van der Waals surface area contributed by atoms with E-state index in [2.05, 4.69) is 5.32 Å². The molecule has 0 unspecified atom stereocenters. The minimum absolute atomic E-state index is 0.235. The molecular formula is C19H19F3N2O5S. The molecule has 1 aromatic carbocycles. The molecule has 0 bridgehead atoms. The zero-order chi connectivity index (χ0) is 22.3. The highest BCUT2D eigenvalue weighted by atomic mass is 32.2. The van der Waals surface area contributed by atoms with Crippen molar-refractivity contribution in [3.63, 3.8) is 0 Å². The topological polar surface area (TPSA) is 102 Å². The molecule has 1 aliphatic rings. The fourth-order valence-corrected chi connectivity index (χ4v) is 4.98. The molecular weight excluding hydrogens is 425 g/mol. The third-order valence-corrected chi connectivity index (χ3v) is 6.40. The van der Waals surface area contributed by atoms with Crippen LogP contribution in [0.3, 0.4) is 0 Å². The third-order valence-electron chi connectivity index (χ3n) is 4.62. The van der Waals surface area contributed by atoms with E-state index < -0.39 is 22.2 Å². The fourth-order valence-electron chi connectivity index (χ4n) is 3.37. The molecule has 0 saturated heterocycles. The van der Waals surface area contributed by atoms with E-state index in [0.717, 1.165) is 41.5 Å². The maximum Gasteiger partial charge on any atom is 0.490 e. The van der Waals surface area contributed by atoms with Crippen molar-refractivity contribution in [2.24, 2.45) is 0 Å². The van der Waals surface area contributed by atoms with Crippen LogP contribution in [0.5, 0.6) is 0 Å². The molecule has 0 aliphatic carbocycles. The quantitative estimate of drug-likeness (QED) is 0.629. The Labute approximate surface area is 170 Å². The average Bonchev–Trinajstić information content (AvgIpc) is 3.11. The first-order chi connectivity index (χ1) is 13.9. The Bertz CT molecular complexity index is 1210. The molecule has 3 heterocycles. The van der Waals surface area contributed by atoms with E-state index in [9.17, 15) is 21.6 Å². The number of nitrogens with zero attached hydrogens (tertiary/aromatic N) is 1. The second-order valence-electron chi connectivity index (χ2n) is 6.77. The molecule has 162 valence electrons. The van der Waals surface area contributed by atoms with Crippen LogP contribution in [0.1, 0.15) is 22.6 Å². The van der Waals surface area contributed by atoms with Crippen LogP contribution in [0.2, 0.25) is 0 Å². The molecule has 0 spiro atoms. The lowest BCUT2D eigenvalue weighted by atomic mass is 10.1. The molecule has 0 radical (unpaired) electrons. The summed E-state index contributed by atoms with van der Waals surface area (Å²) < 4.78 is 64.8. The van der Waals surface area contributed by atoms with E-state index >= 15 is 0 Å². The normalized spacial score (nSPS) is 14.2. The molecule has 3 aromatic rings. The van der Waals surface area contributed by atoms with Crippen molar-refractivity contribution < 1.29 is 35.9 Å². The maximum atomic E-state index is 13.1. The summed E-state index contributed by atoms with van der Waals surface area (Å²) in [4.78, 5) is 9.13. The van der Waals surface area contributed by atoms with E-state index in [4.69, 9.17) is 14.3 Å². The predicted molar refractivity (Wildman–Crippen MR) is 102 cm³/mol. The van der Waals surface area contributed by atoms with Gasteiger partial charge in [-0.15, -0.1) is 0 Å². The van der Waals surface area contributed by atoms with Gasteiger partial charge in [-0.25, -0.2) is 17.2 Å². The molecule has 4 rings (SSSR count). The minimum Gasteiger partial charge on any atom is -0.475 e. The Balaban J connectivity index is 0.000000318. The number of furan rings is 1. The molecule has 1 aliphatic heterocycles. The van der Waals surface area contributed by atoms with Gasteiger partial charge in [0.15, 0.2) is 0 Å². The van der Waals surface area contributed by atoms with Gasteiger partial charge in [-0.05, 0) is 44.0 Å². The van der Waals surface area contributed by atoms with E-state index in [-0.39, 0.29) is 4.90 Å². The van der Waals surface area contributed by atoms with Crippen LogP contribution in [-0.4, -0.2) is 36.2 Å². The van der Waals surface area contributed by atoms with Crippen molar-refractivity contribution in [3.05, 3.63) is 53.1 Å². The molecule has 7 nitrogen and oxygen atoms in total. The number of rotatable bonds is 2. The largest absolute Gasteiger partial charge is 0.490 e. The van der Waals surface area contributed by atoms with Crippen molar-refractivity contribution >= 4 is 26.9 Å². The summed E-state index contributed by atoms with van der Waals surface area (Å²) in [7, 11) is -3.66. The second-order valence-corrected chi connectivity index (χ2v) is 8.56. The first kappa shape index (κ1) is 21.9. The molecule has 0 amide bonds. The van der Waals surface area contributed by atoms with Crippen LogP contribution in [0.25, 0.3) is 10.9 Å². The smallest absolute Gasteiger partial charge is 0.475 e. The van der Waals surface area contributed by atoms with Gasteiger partial charge in [0.2, 0.25) is 0 Å². The Hall–Kier alpha value is -2.79. The summed E-state index contributed by atoms with van der Waals surface area (Å²) in [5.74, 6) is -1.73. The summed E-state index contributed by atoms with van der Waals surface area (Å²) >= 11 is 0. The van der Waals surface area contributed by atoms with Gasteiger partial charge in [0.25, 0.3) is 10.0 Å². The van der Waals surface area contributed by atoms with Crippen LogP contribution in [0.4, 0.5) is 13.2 Å². The van der Waals surface area contributed by atoms with E-state index in [0.29, 0.717) is 11.5 Å². The molecule has 0 saturated carbocycles. The Morgan fingerprint density at radius 1 is 1.23 bits per heavy atom. The standard InChI is InChI=1S/C17H18N2O3S.C2HF3O2/c1-11-8-16(12(2)22-11)23(20,21)19-10-14-6-7-18-9-13-4-3-5-15(19)17(13)14;3-2(4,5)1(6)7/h3-5,8,10,18H,6-7,9H2,1-2H3;(H,6,7). The monoisotopic (exact) mass is 444 g/mol. The Kier molecular flexibility index (Phi) is 5.70. The number of aliphatic carboxylic acids is 1. The number of halogens is 3. The SMILES string of the molecule is Cc1cc(S(=O)(=O)n2cc3c4c(cccc42)CNCC3)c(C)o1.O=C(O)C(F)(F)F. The van der Waals surface area contributed by atoms with Crippen molar-refractivity contribution in [1.82, 2.24) is 9.29 Å². The van der Waals surface area contributed by atoms with E-state index in [1.54, 1.807) is 26.1 Å². The lowest BCUT2D eigenvalue weighted by Gasteiger charge is -2.08. The highest BCUT2D eigenvalue weighted by molar-refractivity contribution is 7.90. The number of benzene rings is 1. The predicted octanol–water partition coefficient (Wildman–Crippen LogP) is 3.37. The van der Waals surface area contributed by atoms with Crippen molar-refractivity contribution in [3.8, 4) is 0 Å². The van der Waals surface area contributed by atoms with Crippen molar-refractivity contribution in [1.29, 1.82) is 0 Å². The van der Waals surface area contributed by atoms with Gasteiger partial charge in [0.05, 0.1) is 5.52 Å². The lowest BCUT2D eigenvalue weighted by Crippen LogP contribution is -2.21. The van der Waals surface area contributed by atoms with Crippen molar-refractivity contribution in [2.75, 3.05) is 6.54 Å². The van der Waals surface area contributed by atoms with Gasteiger partial charge in [-0.3, -0.25) is 0 Å². The maximum absolute atomic E-state index is 13.1. The van der Waals surface area contributed by atoms with E-state index in [1.807, 2.05) is 18.2 Å². The molecule has 11 heteroatoms. The van der Waals surface area contributed by atoms with Gasteiger partial charge < -0.3 is 14.8 Å². The summed E-state index contributed by atoms with van der Waals surface area (Å²) in [5, 5.41) is 11.5. The van der Waals surface area contributed by atoms with Crippen LogP contribution in [-0.2, 0) is 27.8 Å². The average molecular weight is 444 g/mol. The molecule has 30 heavy (non-hydrogen) atoms. The Morgan fingerprint density at radius 3 is 2.47 bits per heavy atom. The van der Waals surface area contributed by atoms with Gasteiger partial charge >= 0.3 is 12.1 Å². The zero-order valence-electron chi connectivity index (χ0n) is 16.1. The van der Waals surface area contributed by atoms with Crippen LogP contribution in [0.15, 0.2) is 39.8 Å². The molecule has 0 fully saturated rings. The first-order valence-corrected chi connectivity index (χ1v) is 10.3. The number of aromatic nitrogens is 1. The molecule has 2 N–H and O–H groups in total. The highest BCUT2D eigenvalue weighted by Crippen LogP contribution is 2.31. The lowest BCUT2D eigenvalue weighted by molar-refractivity contribution is -0.192. The second kappa shape index (κ2) is 7.80. The minimum atomic E-state index is -5.08. The summed E-state index contributed by atoms with van der Waals surface area (Å²) in [5.41, 5.74) is 2.95. The molecule has 0 atom stereocenters. The highest BCUT2D eigenvalue weighted by Gasteiger charge is 2.38. The Morgan fingerprint density at radius 2 is 1.90 bits per heavy atom. The van der Waals surface area contributed by atoms with Gasteiger partial charge in [-0.2, -0.15) is 13.2 Å². The first-order valence-electron chi connectivity index (χ1n) is 8.88. The number of alkyl halides is 3. The number of carbonyl (C=O) groups is 1. The van der Waals surface area contributed by atoms with Gasteiger partial charge in [0, 0.05) is 24.2 Å². The zero-order valence-corrected chi connectivity index (χ0v) is 16.9. The fraction of sp³-hybridized carbons (Fsp3) is 0.316. The molecule has 2 aromatic heterocycles. The summed E-state index contributed by atoms with van der Waals surface area (Å²) in [6, 6.07) is 7.42. The van der Waals surface area contributed by atoms with Crippen LogP contribution >= 0.6 is 0 Å². The number of carboxylic acids is 1. The van der Waals surface area contributed by atoms with Gasteiger partial charge in [-0.1, -0.05) is 12.1 Å². The van der Waals surface area contributed by atoms with Crippen LogP contribution < -0.4 is 5.32 Å². The van der Waals surface area contributed by atoms with Crippen LogP contribution in [0, 0.1) is 13.8 Å². The third kappa shape index (κ3) is 4.08. The number of carboxylic acid groups (broad SMARTS) is 1. The van der Waals surface area contributed by atoms with E-state index in [1.165, 1.54) is 3.97 Å². The number of hydrogen-bond donors (Lipinski definition) is 2. The summed E-state index contributed by atoms with van der Waals surface area (Å²) in [6.07, 6.45) is -2.50. The number of aryl methyl sites for hydroxylation is 2. The summed E-state index contributed by atoms with van der Waals surface area (Å²) in [6.45, 7) is 5.05. The number of nitrogens with one attached hydrogen (secondary N) is 1. The van der Waals surface area contributed by atoms with Gasteiger partial charge in [0.1, 0.15) is 16.4 Å².